The maximum atomic E-state index is 13.8. The molecule has 3 N–H and O–H groups in total. The van der Waals surface area contributed by atoms with Crippen molar-refractivity contribution < 1.29 is 22.7 Å². The highest BCUT2D eigenvalue weighted by atomic mass is 35.5. The number of benzene rings is 3. The van der Waals surface area contributed by atoms with Crippen molar-refractivity contribution in [3.05, 3.63) is 81.6 Å². The highest BCUT2D eigenvalue weighted by Crippen LogP contribution is 2.32. The molecule has 0 aliphatic rings. The fourth-order valence-corrected chi connectivity index (χ4v) is 5.89. The van der Waals surface area contributed by atoms with E-state index in [9.17, 15) is 18.0 Å². The second kappa shape index (κ2) is 12.9. The number of carbonyl (C=O) groups excluding carboxylic acids is 1. The number of nitrogens with two attached hydrogens (primary N) is 1. The van der Waals surface area contributed by atoms with Gasteiger partial charge in [0, 0.05) is 23.3 Å². The van der Waals surface area contributed by atoms with Crippen molar-refractivity contribution in [1.29, 1.82) is 0 Å². The average Bonchev–Trinajstić information content (AvgIpc) is 2.94. The molecule has 0 aliphatic carbocycles. The van der Waals surface area contributed by atoms with Gasteiger partial charge in [-0.15, -0.1) is 0 Å². The van der Waals surface area contributed by atoms with Crippen molar-refractivity contribution in [3.8, 4) is 11.5 Å². The Balaban J connectivity index is 1.72. The summed E-state index contributed by atoms with van der Waals surface area (Å²) >= 11 is 7.25. The van der Waals surface area contributed by atoms with Crippen LogP contribution in [0.1, 0.15) is 18.9 Å². The smallest absolute Gasteiger partial charge is 0.262 e. The third-order valence-corrected chi connectivity index (χ3v) is 8.82. The number of nitrogens with one attached hydrogen (secondary N) is 1. The van der Waals surface area contributed by atoms with Gasteiger partial charge in [-0.1, -0.05) is 48.5 Å². The Hall–Kier alpha value is -3.58. The number of nitrogens with zero attached hydrogens (tertiary/aromatic N) is 2. The Kier molecular flexibility index (Phi) is 9.59. The highest BCUT2D eigenvalue weighted by Gasteiger charge is 2.23. The summed E-state index contributed by atoms with van der Waals surface area (Å²) in [6.07, 6.45) is 0.857. The predicted octanol–water partition coefficient (Wildman–Crippen LogP) is 4.47. The number of carbonyl (C=O) groups is 1. The summed E-state index contributed by atoms with van der Waals surface area (Å²) in [7, 11) is -0.846. The summed E-state index contributed by atoms with van der Waals surface area (Å²) in [6, 6.07) is 16.2. The quantitative estimate of drug-likeness (QED) is 0.186. The largest absolute Gasteiger partial charge is 0.493 e. The summed E-state index contributed by atoms with van der Waals surface area (Å²) in [5.74, 6) is 0.546. The first-order valence-corrected chi connectivity index (χ1v) is 15.4. The molecule has 41 heavy (non-hydrogen) atoms. The van der Waals surface area contributed by atoms with Gasteiger partial charge in [0.25, 0.3) is 5.56 Å². The Morgan fingerprint density at radius 3 is 2.39 bits per heavy atom. The fourth-order valence-electron chi connectivity index (χ4n) is 4.14. The van der Waals surface area contributed by atoms with E-state index in [0.29, 0.717) is 51.1 Å². The van der Waals surface area contributed by atoms with E-state index in [2.05, 4.69) is 5.32 Å². The van der Waals surface area contributed by atoms with Gasteiger partial charge in [-0.25, -0.2) is 18.5 Å². The van der Waals surface area contributed by atoms with Crippen LogP contribution in [0.2, 0.25) is 5.02 Å². The molecule has 216 valence electrons. The Morgan fingerprint density at radius 2 is 1.78 bits per heavy atom. The van der Waals surface area contributed by atoms with Crippen molar-refractivity contribution in [2.24, 2.45) is 5.14 Å². The first-order valence-electron chi connectivity index (χ1n) is 12.6. The lowest BCUT2D eigenvalue weighted by molar-refractivity contribution is -0.115. The Morgan fingerprint density at radius 1 is 1.10 bits per heavy atom. The third-order valence-electron chi connectivity index (χ3n) is 6.30. The topological polar surface area (TPSA) is 143 Å². The van der Waals surface area contributed by atoms with Crippen LogP contribution in [0, 0.1) is 0 Å². The summed E-state index contributed by atoms with van der Waals surface area (Å²) in [5, 5.41) is 8.69. The van der Waals surface area contributed by atoms with Crippen molar-refractivity contribution in [2.75, 3.05) is 19.5 Å². The fraction of sp³-hybridized carbons (Fsp3) is 0.250. The molecule has 0 spiro atoms. The first-order chi connectivity index (χ1) is 19.5. The Labute approximate surface area is 246 Å². The molecule has 0 fully saturated rings. The van der Waals surface area contributed by atoms with E-state index in [1.54, 1.807) is 48.5 Å². The third kappa shape index (κ3) is 7.20. The van der Waals surface area contributed by atoms with Crippen LogP contribution in [0.4, 0.5) is 5.69 Å². The standard InChI is InChI=1S/C28H29ClN4O6S2/c1-4-25(26(34)31-19-7-5-6-18(29)14-19)40-28-32-22-16-24(39-3)23(38-2)15-21(22)27(35)33(28)13-12-17-8-10-20(11-9-17)41(30,36)37/h5-11,14-16,25H,4,12-13H2,1-3H3,(H,31,34)(H2,30,36,37). The number of amides is 1. The molecule has 0 saturated carbocycles. The predicted molar refractivity (Wildman–Crippen MR) is 161 cm³/mol. The minimum atomic E-state index is -3.82. The van der Waals surface area contributed by atoms with Crippen molar-refractivity contribution in [3.63, 3.8) is 0 Å². The second-order valence-electron chi connectivity index (χ2n) is 9.03. The monoisotopic (exact) mass is 616 g/mol. The zero-order chi connectivity index (χ0) is 29.7. The Bertz CT molecular complexity index is 1740. The van der Waals surface area contributed by atoms with Crippen LogP contribution in [0.3, 0.4) is 0 Å². The van der Waals surface area contributed by atoms with E-state index in [4.69, 9.17) is 31.2 Å². The van der Waals surface area contributed by atoms with E-state index in [1.165, 1.54) is 42.7 Å². The zero-order valence-electron chi connectivity index (χ0n) is 22.6. The zero-order valence-corrected chi connectivity index (χ0v) is 25.0. The number of aryl methyl sites for hydroxylation is 1. The molecule has 10 nitrogen and oxygen atoms in total. The lowest BCUT2D eigenvalue weighted by Gasteiger charge is -2.19. The first kappa shape index (κ1) is 30.4. The summed E-state index contributed by atoms with van der Waals surface area (Å²) in [5.41, 5.74) is 1.43. The van der Waals surface area contributed by atoms with Crippen LogP contribution in [0.25, 0.3) is 10.9 Å². The van der Waals surface area contributed by atoms with Gasteiger partial charge >= 0.3 is 0 Å². The highest BCUT2D eigenvalue weighted by molar-refractivity contribution is 8.00. The van der Waals surface area contributed by atoms with Gasteiger partial charge in [0.05, 0.1) is 35.3 Å². The van der Waals surface area contributed by atoms with E-state index < -0.39 is 15.3 Å². The molecule has 1 heterocycles. The molecule has 3 aromatic carbocycles. The molecule has 13 heteroatoms. The molecule has 0 aliphatic heterocycles. The van der Waals surface area contributed by atoms with Crippen molar-refractivity contribution in [2.45, 2.75) is 41.6 Å². The molecule has 1 unspecified atom stereocenters. The number of sulfonamides is 1. The molecular weight excluding hydrogens is 588 g/mol. The van der Waals surface area contributed by atoms with Crippen LogP contribution < -0.4 is 25.5 Å². The number of primary sulfonamides is 1. The molecule has 1 atom stereocenters. The molecule has 1 aromatic heterocycles. The van der Waals surface area contributed by atoms with Gasteiger partial charge in [-0.3, -0.25) is 14.2 Å². The van der Waals surface area contributed by atoms with Gasteiger partial charge in [-0.2, -0.15) is 0 Å². The molecule has 4 rings (SSSR count). The van der Waals surface area contributed by atoms with Gasteiger partial charge in [0.1, 0.15) is 0 Å². The van der Waals surface area contributed by atoms with Crippen molar-refractivity contribution >= 4 is 55.9 Å². The normalized spacial score (nSPS) is 12.2. The summed E-state index contributed by atoms with van der Waals surface area (Å²) < 4.78 is 35.5. The number of methoxy groups -OCH3 is 2. The summed E-state index contributed by atoms with van der Waals surface area (Å²) in [4.78, 5) is 31.8. The molecule has 1 amide bonds. The number of hydrogen-bond donors (Lipinski definition) is 2. The molecule has 4 aromatic rings. The molecule has 0 bridgehead atoms. The van der Waals surface area contributed by atoms with E-state index in [1.807, 2.05) is 6.92 Å². The van der Waals surface area contributed by atoms with Gasteiger partial charge in [-0.05, 0) is 54.8 Å². The minimum absolute atomic E-state index is 0.000390. The second-order valence-corrected chi connectivity index (χ2v) is 12.2. The minimum Gasteiger partial charge on any atom is -0.493 e. The SMILES string of the molecule is CCC(Sc1nc2cc(OC)c(OC)cc2c(=O)n1CCc1ccc(S(N)(=O)=O)cc1)C(=O)Nc1cccc(Cl)c1. The molecule has 0 saturated heterocycles. The lowest BCUT2D eigenvalue weighted by Crippen LogP contribution is -2.28. The number of aromatic nitrogens is 2. The summed E-state index contributed by atoms with van der Waals surface area (Å²) in [6.45, 7) is 2.10. The number of hydrogen-bond acceptors (Lipinski definition) is 8. The van der Waals surface area contributed by atoms with Crippen LogP contribution in [-0.4, -0.2) is 43.3 Å². The number of halogens is 1. The lowest BCUT2D eigenvalue weighted by atomic mass is 10.1. The average molecular weight is 617 g/mol. The van der Waals surface area contributed by atoms with E-state index in [-0.39, 0.29) is 22.9 Å². The van der Waals surface area contributed by atoms with Gasteiger partial charge in [0.2, 0.25) is 15.9 Å². The van der Waals surface area contributed by atoms with E-state index in [0.717, 1.165) is 5.56 Å². The number of fused-ring (bicyclic) bond motifs is 1. The molecular formula is C28H29ClN4O6S2. The van der Waals surface area contributed by atoms with Crippen molar-refractivity contribution in [1.82, 2.24) is 9.55 Å². The van der Waals surface area contributed by atoms with E-state index >= 15 is 0 Å². The maximum absolute atomic E-state index is 13.8. The number of thioether (sulfide) groups is 1. The molecule has 0 radical (unpaired) electrons. The van der Waals surface area contributed by atoms with Crippen LogP contribution in [0.5, 0.6) is 11.5 Å². The van der Waals surface area contributed by atoms with Crippen LogP contribution in [0.15, 0.2) is 75.5 Å². The number of ether oxygens (including phenoxy) is 2. The van der Waals surface area contributed by atoms with Gasteiger partial charge in [0.15, 0.2) is 16.7 Å². The van der Waals surface area contributed by atoms with Gasteiger partial charge < -0.3 is 14.8 Å². The van der Waals surface area contributed by atoms with Crippen LogP contribution >= 0.6 is 23.4 Å². The number of rotatable bonds is 11. The number of anilines is 1. The maximum Gasteiger partial charge on any atom is 0.262 e. The van der Waals surface area contributed by atoms with Crippen LogP contribution in [-0.2, 0) is 27.8 Å².